The number of allylic oxidation sites excluding steroid dienone is 1. The molecule has 1 aromatic heterocycles. The summed E-state index contributed by atoms with van der Waals surface area (Å²) in [5, 5.41) is 4.13. The number of aromatic nitrogens is 2. The lowest BCUT2D eigenvalue weighted by Crippen LogP contribution is -1.98. The molecule has 0 fully saturated rings. The Morgan fingerprint density at radius 2 is 2.64 bits per heavy atom. The molecule has 0 radical (unpaired) electrons. The van der Waals surface area contributed by atoms with Crippen molar-refractivity contribution in [1.29, 1.82) is 0 Å². The van der Waals surface area contributed by atoms with E-state index in [9.17, 15) is 0 Å². The number of rotatable bonds is 2. The van der Waals surface area contributed by atoms with Gasteiger partial charge in [-0.05, 0) is 34.5 Å². The van der Waals surface area contributed by atoms with E-state index in [1.807, 2.05) is 23.9 Å². The standard InChI is InChI=1S/C7H8BrClN2/c1-6(4-9)5-11-3-2-7(8)10-11/h2-4H,5H2,1H3/b6-4-. The Hall–Kier alpha value is -0.280. The average molecular weight is 236 g/mol. The van der Waals surface area contributed by atoms with E-state index in [0.29, 0.717) is 0 Å². The predicted molar refractivity (Wildman–Crippen MR) is 49.5 cm³/mol. The summed E-state index contributed by atoms with van der Waals surface area (Å²) in [4.78, 5) is 0. The molecule has 11 heavy (non-hydrogen) atoms. The Labute approximate surface area is 79.0 Å². The highest BCUT2D eigenvalue weighted by Crippen LogP contribution is 2.06. The van der Waals surface area contributed by atoms with Gasteiger partial charge in [0.05, 0.1) is 6.54 Å². The zero-order valence-electron chi connectivity index (χ0n) is 6.09. The van der Waals surface area contributed by atoms with Crippen molar-refractivity contribution in [3.05, 3.63) is 28.0 Å². The highest BCUT2D eigenvalue weighted by Gasteiger charge is 1.94. The molecule has 0 amide bonds. The molecule has 0 aliphatic heterocycles. The molecule has 0 unspecified atom stereocenters. The van der Waals surface area contributed by atoms with Crippen molar-refractivity contribution in [1.82, 2.24) is 9.78 Å². The number of hydrogen-bond donors (Lipinski definition) is 0. The zero-order chi connectivity index (χ0) is 8.27. The monoisotopic (exact) mass is 234 g/mol. The van der Waals surface area contributed by atoms with E-state index in [0.717, 1.165) is 16.7 Å². The smallest absolute Gasteiger partial charge is 0.128 e. The zero-order valence-corrected chi connectivity index (χ0v) is 8.43. The fourth-order valence-electron chi connectivity index (χ4n) is 0.715. The lowest BCUT2D eigenvalue weighted by Gasteiger charge is -1.98. The Bertz CT molecular complexity index is 267. The van der Waals surface area contributed by atoms with E-state index in [2.05, 4.69) is 21.0 Å². The minimum atomic E-state index is 0.745. The molecule has 0 aliphatic rings. The van der Waals surface area contributed by atoms with E-state index in [1.54, 1.807) is 5.54 Å². The lowest BCUT2D eigenvalue weighted by molar-refractivity contribution is 0.673. The van der Waals surface area contributed by atoms with Crippen LogP contribution in [-0.4, -0.2) is 9.78 Å². The normalized spacial score (nSPS) is 12.1. The predicted octanol–water partition coefficient (Wildman–Crippen LogP) is 2.79. The first-order chi connectivity index (χ1) is 5.22. The summed E-state index contributed by atoms with van der Waals surface area (Å²) < 4.78 is 2.66. The molecule has 2 nitrogen and oxygen atoms in total. The van der Waals surface area contributed by atoms with Gasteiger partial charge in [0.2, 0.25) is 0 Å². The highest BCUT2D eigenvalue weighted by molar-refractivity contribution is 9.10. The molecule has 4 heteroatoms. The fraction of sp³-hybridized carbons (Fsp3) is 0.286. The number of halogens is 2. The second-order valence-corrected chi connectivity index (χ2v) is 3.32. The lowest BCUT2D eigenvalue weighted by atomic mass is 10.3. The van der Waals surface area contributed by atoms with Gasteiger partial charge in [-0.2, -0.15) is 5.10 Å². The van der Waals surface area contributed by atoms with E-state index in [-0.39, 0.29) is 0 Å². The highest BCUT2D eigenvalue weighted by atomic mass is 79.9. The van der Waals surface area contributed by atoms with Crippen LogP contribution in [0.2, 0.25) is 0 Å². The Morgan fingerprint density at radius 3 is 3.09 bits per heavy atom. The molecule has 1 aromatic rings. The van der Waals surface area contributed by atoms with Crippen LogP contribution < -0.4 is 0 Å². The molecular weight excluding hydrogens is 227 g/mol. The molecule has 0 spiro atoms. The molecule has 0 bridgehead atoms. The van der Waals surface area contributed by atoms with Crippen LogP contribution in [0, 0.1) is 0 Å². The molecule has 0 atom stereocenters. The Morgan fingerprint density at radius 1 is 1.91 bits per heavy atom. The SMILES string of the molecule is C/C(=C/Cl)Cn1ccc(Br)n1. The third-order valence-electron chi connectivity index (χ3n) is 1.21. The van der Waals surface area contributed by atoms with Gasteiger partial charge >= 0.3 is 0 Å². The fourth-order valence-corrected chi connectivity index (χ4v) is 1.11. The van der Waals surface area contributed by atoms with Gasteiger partial charge in [-0.1, -0.05) is 11.6 Å². The van der Waals surface area contributed by atoms with Crippen LogP contribution in [0.1, 0.15) is 6.92 Å². The van der Waals surface area contributed by atoms with E-state index >= 15 is 0 Å². The van der Waals surface area contributed by atoms with Crippen molar-refractivity contribution in [2.24, 2.45) is 0 Å². The quantitative estimate of drug-likeness (QED) is 0.771. The first-order valence-electron chi connectivity index (χ1n) is 3.17. The minimum absolute atomic E-state index is 0.745. The topological polar surface area (TPSA) is 17.8 Å². The van der Waals surface area contributed by atoms with E-state index in [4.69, 9.17) is 11.6 Å². The summed E-state index contributed by atoms with van der Waals surface area (Å²) in [5.74, 6) is 0. The average Bonchev–Trinajstić information content (AvgIpc) is 2.35. The maximum Gasteiger partial charge on any atom is 0.128 e. The molecule has 0 N–H and O–H groups in total. The van der Waals surface area contributed by atoms with Gasteiger partial charge < -0.3 is 0 Å². The van der Waals surface area contributed by atoms with Crippen LogP contribution in [0.3, 0.4) is 0 Å². The molecule has 0 aliphatic carbocycles. The van der Waals surface area contributed by atoms with Crippen LogP contribution in [0.15, 0.2) is 28.0 Å². The maximum absolute atomic E-state index is 5.49. The molecule has 0 saturated carbocycles. The molecule has 60 valence electrons. The summed E-state index contributed by atoms with van der Waals surface area (Å²) in [6.45, 7) is 2.71. The summed E-state index contributed by atoms with van der Waals surface area (Å²) >= 11 is 8.75. The summed E-state index contributed by atoms with van der Waals surface area (Å²) in [6, 6.07) is 1.89. The van der Waals surface area contributed by atoms with Gasteiger partial charge in [-0.15, -0.1) is 0 Å². The van der Waals surface area contributed by atoms with Crippen molar-refractivity contribution in [2.45, 2.75) is 13.5 Å². The van der Waals surface area contributed by atoms with Gasteiger partial charge in [0.1, 0.15) is 4.60 Å². The van der Waals surface area contributed by atoms with Crippen molar-refractivity contribution in [3.8, 4) is 0 Å². The van der Waals surface area contributed by atoms with Crippen LogP contribution >= 0.6 is 27.5 Å². The Balaban J connectivity index is 2.65. The van der Waals surface area contributed by atoms with E-state index < -0.39 is 0 Å². The molecule has 1 rings (SSSR count). The first-order valence-corrected chi connectivity index (χ1v) is 4.40. The van der Waals surface area contributed by atoms with Crippen LogP contribution in [-0.2, 0) is 6.54 Å². The second-order valence-electron chi connectivity index (χ2n) is 2.29. The van der Waals surface area contributed by atoms with Gasteiger partial charge in [0.25, 0.3) is 0 Å². The minimum Gasteiger partial charge on any atom is -0.267 e. The van der Waals surface area contributed by atoms with Crippen molar-refractivity contribution in [3.63, 3.8) is 0 Å². The van der Waals surface area contributed by atoms with Gasteiger partial charge in [-0.3, -0.25) is 4.68 Å². The molecular formula is C7H8BrClN2. The third-order valence-corrected chi connectivity index (χ3v) is 2.00. The van der Waals surface area contributed by atoms with Gasteiger partial charge in [0.15, 0.2) is 0 Å². The van der Waals surface area contributed by atoms with Gasteiger partial charge in [0, 0.05) is 11.7 Å². The van der Waals surface area contributed by atoms with Crippen LogP contribution in [0.25, 0.3) is 0 Å². The second kappa shape index (κ2) is 3.93. The maximum atomic E-state index is 5.49. The number of nitrogens with zero attached hydrogens (tertiary/aromatic N) is 2. The summed E-state index contributed by atoms with van der Waals surface area (Å²) in [6.07, 6.45) is 1.90. The molecule has 0 saturated heterocycles. The van der Waals surface area contributed by atoms with Crippen LogP contribution in [0.4, 0.5) is 0 Å². The van der Waals surface area contributed by atoms with Crippen molar-refractivity contribution >= 4 is 27.5 Å². The molecule has 1 heterocycles. The van der Waals surface area contributed by atoms with Crippen LogP contribution in [0.5, 0.6) is 0 Å². The third kappa shape index (κ3) is 2.67. The Kier molecular flexibility index (Phi) is 3.15. The largest absolute Gasteiger partial charge is 0.267 e. The van der Waals surface area contributed by atoms with Crippen molar-refractivity contribution in [2.75, 3.05) is 0 Å². The first kappa shape index (κ1) is 8.81. The van der Waals surface area contributed by atoms with Gasteiger partial charge in [-0.25, -0.2) is 0 Å². The summed E-state index contributed by atoms with van der Waals surface area (Å²) in [5.41, 5.74) is 2.65. The van der Waals surface area contributed by atoms with Crippen molar-refractivity contribution < 1.29 is 0 Å². The summed E-state index contributed by atoms with van der Waals surface area (Å²) in [7, 11) is 0. The number of hydrogen-bond acceptors (Lipinski definition) is 1. The molecule has 0 aromatic carbocycles. The van der Waals surface area contributed by atoms with E-state index in [1.165, 1.54) is 0 Å².